The first-order valence-electron chi connectivity index (χ1n) is 19.0. The van der Waals surface area contributed by atoms with Gasteiger partial charge in [-0.25, -0.2) is 4.98 Å². The summed E-state index contributed by atoms with van der Waals surface area (Å²) in [5.41, 5.74) is 15.1. The van der Waals surface area contributed by atoms with Gasteiger partial charge in [0.25, 0.3) is 0 Å². The zero-order valence-electron chi connectivity index (χ0n) is 29.9. The summed E-state index contributed by atoms with van der Waals surface area (Å²) in [5.74, 6) is 3.29. The number of ether oxygens (including phenoxy) is 1. The molecule has 0 unspecified atom stereocenters. The Labute approximate surface area is 321 Å². The van der Waals surface area contributed by atoms with Crippen LogP contribution in [0.15, 0.2) is 176 Å². The summed E-state index contributed by atoms with van der Waals surface area (Å²) in [5, 5.41) is 2.49. The quantitative estimate of drug-likeness (QED) is 0.171. The van der Waals surface area contributed by atoms with Crippen LogP contribution in [-0.4, -0.2) is 25.4 Å². The van der Waals surface area contributed by atoms with Crippen LogP contribution in [0.2, 0.25) is 0 Å². The van der Waals surface area contributed by atoms with E-state index in [2.05, 4.69) is 177 Å². The minimum Gasteiger partial charge on any atom is -0.551 e. The Balaban J connectivity index is 0.988. The molecule has 2 aliphatic rings. The van der Waals surface area contributed by atoms with E-state index in [1.54, 1.807) is 0 Å². The summed E-state index contributed by atoms with van der Waals surface area (Å²) in [7, 11) is 0. The van der Waals surface area contributed by atoms with Crippen LogP contribution < -0.4 is 20.3 Å². The minimum atomic E-state index is -0.318. The summed E-state index contributed by atoms with van der Waals surface area (Å²) < 4.78 is 20.8. The Morgan fingerprint density at radius 3 is 1.98 bits per heavy atom. The fraction of sp³-hybridized carbons (Fsp3) is 0. The van der Waals surface area contributed by atoms with Crippen molar-refractivity contribution in [2.75, 3.05) is 0 Å². The maximum atomic E-state index is 7.02. The van der Waals surface area contributed by atoms with Gasteiger partial charge in [-0.15, -0.1) is 0 Å². The van der Waals surface area contributed by atoms with E-state index in [1.165, 1.54) is 21.8 Å². The monoisotopic (exact) mass is 716 g/mol. The molecule has 0 aliphatic carbocycles. The first-order valence-corrected chi connectivity index (χ1v) is 19.0. The van der Waals surface area contributed by atoms with Crippen molar-refractivity contribution in [3.63, 3.8) is 0 Å². The number of rotatable bonds is 3. The molecular formula is C49H29BN4O2. The highest BCUT2D eigenvalue weighted by Crippen LogP contribution is 2.42. The Kier molecular flexibility index (Phi) is 5.89. The molecule has 260 valence electrons. The summed E-state index contributed by atoms with van der Waals surface area (Å²) in [6.07, 6.45) is 0. The van der Waals surface area contributed by atoms with Gasteiger partial charge in [-0.2, -0.15) is 0 Å². The van der Waals surface area contributed by atoms with Gasteiger partial charge in [0.1, 0.15) is 17.2 Å². The lowest BCUT2D eigenvalue weighted by molar-refractivity contribution is 0.479. The number of benzene rings is 8. The topological polar surface area (TPSA) is 45.6 Å². The van der Waals surface area contributed by atoms with Crippen LogP contribution in [0.4, 0.5) is 0 Å². The summed E-state index contributed by atoms with van der Waals surface area (Å²) in [6, 6.07) is 62.2. The Morgan fingerprint density at radius 1 is 0.446 bits per heavy atom. The van der Waals surface area contributed by atoms with Crippen LogP contribution in [0.1, 0.15) is 0 Å². The van der Waals surface area contributed by atoms with Gasteiger partial charge in [-0.3, -0.25) is 8.97 Å². The van der Waals surface area contributed by atoms with Gasteiger partial charge in [-0.05, 0) is 83.4 Å². The highest BCUT2D eigenvalue weighted by molar-refractivity contribution is 6.84. The first kappa shape index (κ1) is 29.9. The van der Waals surface area contributed by atoms with Gasteiger partial charge in [0, 0.05) is 39.0 Å². The minimum absolute atomic E-state index is 0.318. The van der Waals surface area contributed by atoms with E-state index in [0.29, 0.717) is 0 Å². The molecule has 6 nitrogen and oxygen atoms in total. The average molecular weight is 717 g/mol. The maximum Gasteiger partial charge on any atom is 0.434 e. The lowest BCUT2D eigenvalue weighted by Crippen LogP contribution is -2.53. The number of hydrogen-bond donors (Lipinski definition) is 0. The van der Waals surface area contributed by atoms with E-state index in [1.807, 2.05) is 12.1 Å². The Bertz CT molecular complexity index is 3410. The highest BCUT2D eigenvalue weighted by Gasteiger charge is 2.41. The third-order valence-electron chi connectivity index (χ3n) is 11.7. The summed E-state index contributed by atoms with van der Waals surface area (Å²) >= 11 is 0. The summed E-state index contributed by atoms with van der Waals surface area (Å²) in [6.45, 7) is -0.318. The van der Waals surface area contributed by atoms with Crippen LogP contribution in [0, 0.1) is 0 Å². The molecule has 8 aromatic carbocycles. The van der Waals surface area contributed by atoms with Crippen molar-refractivity contribution in [2.24, 2.45) is 0 Å². The lowest BCUT2D eigenvalue weighted by atomic mass is 9.50. The van der Waals surface area contributed by atoms with Crippen molar-refractivity contribution in [1.82, 2.24) is 18.5 Å². The molecule has 13 rings (SSSR count). The van der Waals surface area contributed by atoms with Gasteiger partial charge in [-0.1, -0.05) is 103 Å². The Morgan fingerprint density at radius 2 is 1.14 bits per heavy atom. The van der Waals surface area contributed by atoms with E-state index < -0.39 is 0 Å². The molecule has 56 heavy (non-hydrogen) atoms. The molecule has 5 heterocycles. The smallest absolute Gasteiger partial charge is 0.434 e. The number of nitrogens with zero attached hydrogens (tertiary/aromatic N) is 4. The molecule has 0 saturated heterocycles. The average Bonchev–Trinajstić information content (AvgIpc) is 3.90. The van der Waals surface area contributed by atoms with E-state index in [-0.39, 0.29) is 6.92 Å². The van der Waals surface area contributed by atoms with Crippen LogP contribution in [0.25, 0.3) is 83.3 Å². The van der Waals surface area contributed by atoms with E-state index in [4.69, 9.17) is 14.4 Å². The Hall–Kier alpha value is -7.51. The van der Waals surface area contributed by atoms with Crippen molar-refractivity contribution >= 4 is 67.5 Å². The van der Waals surface area contributed by atoms with Crippen molar-refractivity contribution in [3.8, 4) is 50.9 Å². The van der Waals surface area contributed by atoms with Gasteiger partial charge < -0.3 is 14.0 Å². The largest absolute Gasteiger partial charge is 0.551 e. The second-order valence-corrected chi connectivity index (χ2v) is 14.7. The molecule has 2 aliphatic heterocycles. The molecule has 0 fully saturated rings. The lowest BCUT2D eigenvalue weighted by Gasteiger charge is -2.33. The molecule has 0 spiro atoms. The molecule has 0 bridgehead atoms. The van der Waals surface area contributed by atoms with Gasteiger partial charge in [0.15, 0.2) is 0 Å². The van der Waals surface area contributed by atoms with Gasteiger partial charge in [0.05, 0.1) is 38.8 Å². The normalized spacial score (nSPS) is 12.9. The number of hydrogen-bond acceptors (Lipinski definition) is 3. The molecule has 0 amide bonds. The maximum absolute atomic E-state index is 7.02. The standard InChI is InChI=1S/C49H29BN4O2/c1-5-18-40-34(14-1)35-15-2-6-19-41(35)52(40)32-13-11-12-30(26-32)31-24-25-38-46(27-31)55-47-29-33(28-37-36-16-3-10-23-45(36)56-50(38)48(37)47)53-43-21-8-9-22-44(43)54-42-20-7-4-17-39(42)51-49(53)54/h1-29H. The SMILES string of the molecule is c1cc(-c2ccc3c(c2)Oc2cc(-n4c5ccccc5n5c6ccccc6nc45)cc4c2B3Oc2ccccc2-4)cc(-n2c3ccccc3c3ccccc32)c1. The first-order chi connectivity index (χ1) is 27.8. The second kappa shape index (κ2) is 11.0. The molecule has 11 aromatic rings. The van der Waals surface area contributed by atoms with Crippen molar-refractivity contribution < 1.29 is 9.39 Å². The predicted octanol–water partition coefficient (Wildman–Crippen LogP) is 10.5. The second-order valence-electron chi connectivity index (χ2n) is 14.7. The molecule has 0 saturated carbocycles. The molecule has 7 heteroatoms. The van der Waals surface area contributed by atoms with Gasteiger partial charge in [0.2, 0.25) is 5.78 Å². The summed E-state index contributed by atoms with van der Waals surface area (Å²) in [4.78, 5) is 5.17. The van der Waals surface area contributed by atoms with Crippen molar-refractivity contribution in [3.05, 3.63) is 176 Å². The van der Waals surface area contributed by atoms with Crippen LogP contribution in [-0.2, 0) is 0 Å². The molecular weight excluding hydrogens is 687 g/mol. The molecule has 0 radical (unpaired) electrons. The van der Waals surface area contributed by atoms with Gasteiger partial charge >= 0.3 is 6.92 Å². The molecule has 3 aromatic heterocycles. The molecule has 0 N–H and O–H groups in total. The predicted molar refractivity (Wildman–Crippen MR) is 227 cm³/mol. The van der Waals surface area contributed by atoms with Crippen LogP contribution >= 0.6 is 0 Å². The number of imidazole rings is 2. The number of aromatic nitrogens is 4. The number of para-hydroxylation sites is 7. The number of fused-ring (bicyclic) bond motifs is 12. The van der Waals surface area contributed by atoms with Crippen LogP contribution in [0.5, 0.6) is 17.2 Å². The van der Waals surface area contributed by atoms with Crippen LogP contribution in [0.3, 0.4) is 0 Å². The van der Waals surface area contributed by atoms with E-state index in [9.17, 15) is 0 Å². The van der Waals surface area contributed by atoms with E-state index in [0.717, 1.165) is 89.6 Å². The van der Waals surface area contributed by atoms with Crippen molar-refractivity contribution in [1.29, 1.82) is 0 Å². The third kappa shape index (κ3) is 4.03. The third-order valence-corrected chi connectivity index (χ3v) is 11.7. The van der Waals surface area contributed by atoms with Crippen molar-refractivity contribution in [2.45, 2.75) is 0 Å². The fourth-order valence-electron chi connectivity index (χ4n) is 9.28. The fourth-order valence-corrected chi connectivity index (χ4v) is 9.28. The zero-order valence-corrected chi connectivity index (χ0v) is 29.9. The highest BCUT2D eigenvalue weighted by atomic mass is 16.5. The molecule has 0 atom stereocenters. The zero-order chi connectivity index (χ0) is 36.5. The van der Waals surface area contributed by atoms with E-state index >= 15 is 0 Å².